The van der Waals surface area contributed by atoms with Gasteiger partial charge in [0.25, 0.3) is 11.8 Å². The fourth-order valence-electron chi connectivity index (χ4n) is 5.06. The van der Waals surface area contributed by atoms with E-state index in [9.17, 15) is 14.0 Å². The van der Waals surface area contributed by atoms with E-state index in [0.29, 0.717) is 28.6 Å². The fourth-order valence-corrected chi connectivity index (χ4v) is 5.06. The Kier molecular flexibility index (Phi) is 6.16. The van der Waals surface area contributed by atoms with Crippen molar-refractivity contribution in [3.63, 3.8) is 0 Å². The summed E-state index contributed by atoms with van der Waals surface area (Å²) in [5, 5.41) is 6.76. The Morgan fingerprint density at radius 3 is 2.55 bits per heavy atom. The van der Waals surface area contributed by atoms with E-state index in [0.717, 1.165) is 42.8 Å². The van der Waals surface area contributed by atoms with Crippen molar-refractivity contribution in [2.75, 3.05) is 37.2 Å². The molecule has 11 nitrogen and oxygen atoms in total. The molecule has 2 amide bonds. The van der Waals surface area contributed by atoms with Crippen molar-refractivity contribution in [2.24, 2.45) is 0 Å². The number of piperidine rings is 1. The number of nitrogens with zero attached hydrogens (tertiary/aromatic N) is 7. The number of aromatic nitrogens is 5. The lowest BCUT2D eigenvalue weighted by Crippen LogP contribution is -2.51. The average Bonchev–Trinajstić information content (AvgIpc) is 3.23. The number of halogens is 1. The Labute approximate surface area is 217 Å². The monoisotopic (exact) mass is 515 g/mol. The number of fused-ring (bicyclic) bond motifs is 1. The van der Waals surface area contributed by atoms with Gasteiger partial charge in [-0.1, -0.05) is 6.07 Å². The number of pyridine rings is 2. The highest BCUT2D eigenvalue weighted by Gasteiger charge is 2.30. The Balaban J connectivity index is 1.18. The highest BCUT2D eigenvalue weighted by molar-refractivity contribution is 6.12. The van der Waals surface area contributed by atoms with E-state index in [-0.39, 0.29) is 22.9 Å². The number of carbonyl (C=O) groups excluding carboxylic acids is 2. The quantitative estimate of drug-likeness (QED) is 0.414. The molecular weight excluding hydrogens is 489 g/mol. The van der Waals surface area contributed by atoms with Crippen LogP contribution in [0.5, 0.6) is 0 Å². The molecule has 12 heteroatoms. The topological polar surface area (TPSA) is 135 Å². The van der Waals surface area contributed by atoms with Crippen LogP contribution in [-0.2, 0) is 0 Å². The third-order valence-corrected chi connectivity index (χ3v) is 7.22. The number of nitrogens with one attached hydrogen (secondary N) is 1. The van der Waals surface area contributed by atoms with Crippen LogP contribution in [-0.4, -0.2) is 78.4 Å². The minimum Gasteiger partial charge on any atom is -0.381 e. The molecule has 0 aliphatic carbocycles. The van der Waals surface area contributed by atoms with E-state index < -0.39 is 11.7 Å². The van der Waals surface area contributed by atoms with E-state index in [1.165, 1.54) is 25.7 Å². The van der Waals surface area contributed by atoms with Gasteiger partial charge in [0.1, 0.15) is 11.3 Å². The lowest BCUT2D eigenvalue weighted by Gasteiger charge is -2.42. The van der Waals surface area contributed by atoms with Gasteiger partial charge in [-0.3, -0.25) is 19.6 Å². The first-order chi connectivity index (χ1) is 18.5. The van der Waals surface area contributed by atoms with Gasteiger partial charge in [0.2, 0.25) is 0 Å². The molecule has 0 aromatic carbocycles. The Hall–Kier alpha value is -4.45. The minimum atomic E-state index is -0.605. The lowest BCUT2D eigenvalue weighted by atomic mass is 9.99. The van der Waals surface area contributed by atoms with Crippen LogP contribution in [0.1, 0.15) is 40.1 Å². The molecular formula is C26H26FN9O2. The van der Waals surface area contributed by atoms with Gasteiger partial charge in [0.15, 0.2) is 17.3 Å². The number of likely N-dealkylation sites (tertiary alicyclic amines) is 2. The van der Waals surface area contributed by atoms with E-state index >= 15 is 0 Å². The first-order valence-corrected chi connectivity index (χ1v) is 12.5. The van der Waals surface area contributed by atoms with Gasteiger partial charge in [-0.15, -0.1) is 5.10 Å². The van der Waals surface area contributed by atoms with E-state index in [2.05, 4.69) is 30.3 Å². The van der Waals surface area contributed by atoms with Crippen LogP contribution in [0.2, 0.25) is 0 Å². The van der Waals surface area contributed by atoms with Crippen LogP contribution >= 0.6 is 0 Å². The number of hydrogen-bond donors (Lipinski definition) is 2. The zero-order chi connectivity index (χ0) is 26.2. The normalized spacial score (nSPS) is 16.4. The summed E-state index contributed by atoms with van der Waals surface area (Å²) >= 11 is 0. The lowest BCUT2D eigenvalue weighted by molar-refractivity contribution is 0.0485. The number of carbonyl (C=O) groups is 2. The van der Waals surface area contributed by atoms with Gasteiger partial charge < -0.3 is 20.9 Å². The third-order valence-electron chi connectivity index (χ3n) is 7.22. The second-order valence-corrected chi connectivity index (χ2v) is 9.52. The van der Waals surface area contributed by atoms with Crippen LogP contribution in [0.4, 0.5) is 15.9 Å². The number of anilines is 2. The zero-order valence-electron chi connectivity index (χ0n) is 20.5. The first kappa shape index (κ1) is 23.9. The predicted molar refractivity (Wildman–Crippen MR) is 138 cm³/mol. The standard InChI is InChI=1S/C26H26FN9O2/c27-17-13-31-24-22(23(28)33-36(24)15-17)25(37)32-21-14-29-7-4-19(21)16-2-3-20(30-12-16)26(38)35-10-5-18(6-11-35)34-8-1-9-34/h2-4,7,12-15,18H,1,5-6,8-11H2,(H2,28,33)(H,32,37). The first-order valence-electron chi connectivity index (χ1n) is 12.5. The largest absolute Gasteiger partial charge is 0.381 e. The second kappa shape index (κ2) is 9.78. The molecule has 0 radical (unpaired) electrons. The molecule has 0 bridgehead atoms. The molecule has 0 saturated carbocycles. The second-order valence-electron chi connectivity index (χ2n) is 9.52. The van der Waals surface area contributed by atoms with Crippen molar-refractivity contribution >= 4 is 29.0 Å². The molecule has 4 aromatic rings. The third kappa shape index (κ3) is 4.43. The Bertz CT molecular complexity index is 1510. The van der Waals surface area contributed by atoms with Crippen molar-refractivity contribution in [1.29, 1.82) is 0 Å². The molecule has 0 unspecified atom stereocenters. The average molecular weight is 516 g/mol. The van der Waals surface area contributed by atoms with E-state index in [1.54, 1.807) is 30.6 Å². The smallest absolute Gasteiger partial charge is 0.272 e. The van der Waals surface area contributed by atoms with Crippen LogP contribution in [0, 0.1) is 5.82 Å². The summed E-state index contributed by atoms with van der Waals surface area (Å²) in [6.45, 7) is 3.81. The maximum Gasteiger partial charge on any atom is 0.272 e. The molecule has 0 atom stereocenters. The zero-order valence-corrected chi connectivity index (χ0v) is 20.5. The van der Waals surface area contributed by atoms with Crippen LogP contribution in [0.3, 0.4) is 0 Å². The van der Waals surface area contributed by atoms with Crippen LogP contribution < -0.4 is 11.1 Å². The molecule has 3 N–H and O–H groups in total. The minimum absolute atomic E-state index is 0.0248. The van der Waals surface area contributed by atoms with Crippen molar-refractivity contribution in [3.05, 3.63) is 66.3 Å². The van der Waals surface area contributed by atoms with E-state index in [4.69, 9.17) is 5.73 Å². The molecule has 2 fully saturated rings. The molecule has 38 heavy (non-hydrogen) atoms. The van der Waals surface area contributed by atoms with Gasteiger partial charge >= 0.3 is 0 Å². The maximum absolute atomic E-state index is 13.5. The molecule has 2 saturated heterocycles. The van der Waals surface area contributed by atoms with Gasteiger partial charge in [-0.2, -0.15) is 0 Å². The summed E-state index contributed by atoms with van der Waals surface area (Å²) in [6.07, 6.45) is 10.0. The van der Waals surface area contributed by atoms with Crippen molar-refractivity contribution in [1.82, 2.24) is 34.4 Å². The van der Waals surface area contributed by atoms with Gasteiger partial charge in [-0.25, -0.2) is 13.9 Å². The number of rotatable bonds is 5. The van der Waals surface area contributed by atoms with Crippen molar-refractivity contribution < 1.29 is 14.0 Å². The molecule has 6 heterocycles. The summed E-state index contributed by atoms with van der Waals surface area (Å²) in [5.41, 5.74) is 8.23. The Morgan fingerprint density at radius 2 is 1.84 bits per heavy atom. The van der Waals surface area contributed by atoms with Gasteiger partial charge in [0, 0.05) is 42.7 Å². The van der Waals surface area contributed by atoms with Crippen LogP contribution in [0.15, 0.2) is 49.2 Å². The summed E-state index contributed by atoms with van der Waals surface area (Å²) in [5.74, 6) is -1.32. The number of nitrogen functional groups attached to an aromatic ring is 1. The van der Waals surface area contributed by atoms with Crippen LogP contribution in [0.25, 0.3) is 16.8 Å². The van der Waals surface area contributed by atoms with E-state index in [1.807, 2.05) is 4.90 Å². The fraction of sp³-hybridized carbons (Fsp3) is 0.308. The molecule has 4 aromatic heterocycles. The van der Waals surface area contributed by atoms with Gasteiger partial charge in [-0.05, 0) is 44.5 Å². The van der Waals surface area contributed by atoms with Gasteiger partial charge in [0.05, 0.1) is 24.3 Å². The number of amides is 2. The predicted octanol–water partition coefficient (Wildman–Crippen LogP) is 2.47. The highest BCUT2D eigenvalue weighted by Crippen LogP contribution is 2.29. The van der Waals surface area contributed by atoms with Crippen molar-refractivity contribution in [2.45, 2.75) is 25.3 Å². The highest BCUT2D eigenvalue weighted by atomic mass is 19.1. The maximum atomic E-state index is 13.5. The number of hydrogen-bond acceptors (Lipinski definition) is 8. The molecule has 6 rings (SSSR count). The molecule has 194 valence electrons. The SMILES string of the molecule is Nc1nn2cc(F)cnc2c1C(=O)Nc1cnccc1-c1ccc(C(=O)N2CCC(N3CCC3)CC2)nc1. The summed E-state index contributed by atoms with van der Waals surface area (Å²) in [6, 6.07) is 5.82. The molecule has 2 aliphatic heterocycles. The summed E-state index contributed by atoms with van der Waals surface area (Å²) in [7, 11) is 0. The summed E-state index contributed by atoms with van der Waals surface area (Å²) in [4.78, 5) is 43.0. The van der Waals surface area contributed by atoms with Crippen molar-refractivity contribution in [3.8, 4) is 11.1 Å². The summed E-state index contributed by atoms with van der Waals surface area (Å²) < 4.78 is 14.6. The molecule has 2 aliphatic rings. The molecule has 0 spiro atoms. The Morgan fingerprint density at radius 1 is 1.03 bits per heavy atom. The number of nitrogens with two attached hydrogens (primary N) is 1.